The van der Waals surface area contributed by atoms with Crippen molar-refractivity contribution in [2.45, 2.75) is 38.0 Å². The summed E-state index contributed by atoms with van der Waals surface area (Å²) in [6, 6.07) is 4.77. The lowest BCUT2D eigenvalue weighted by atomic mass is 9.64. The number of aryl methyl sites for hydroxylation is 1. The van der Waals surface area contributed by atoms with E-state index in [9.17, 15) is 19.7 Å². The van der Waals surface area contributed by atoms with Gasteiger partial charge in [-0.3, -0.25) is 4.79 Å². The van der Waals surface area contributed by atoms with Gasteiger partial charge in [-0.15, -0.1) is 5.10 Å². The molecule has 0 saturated carbocycles. The van der Waals surface area contributed by atoms with E-state index in [0.29, 0.717) is 37.3 Å². The summed E-state index contributed by atoms with van der Waals surface area (Å²) in [6.45, 7) is 1.03. The van der Waals surface area contributed by atoms with Crippen LogP contribution in [0.25, 0.3) is 0 Å². The molecule has 0 amide bonds. The van der Waals surface area contributed by atoms with Crippen LogP contribution in [0.15, 0.2) is 18.2 Å². The molecule has 27 heavy (non-hydrogen) atoms. The maximum Gasteiger partial charge on any atom is 0.526 e. The van der Waals surface area contributed by atoms with E-state index in [1.54, 1.807) is 16.8 Å². The highest BCUT2D eigenvalue weighted by Gasteiger charge is 2.37. The lowest BCUT2D eigenvalue weighted by Crippen LogP contribution is -2.36. The standard InChI is InChI=1S/C16H20BN5O5/c18-5-2-6-22-14(19-20-21-22)9-12(23)8-11-7-10-3-1-4-13(16(24)25)15(10)27-17(11)26/h1,3-4,11,26H,2,5-9,18H2,(H,24,25)/t11-/m1/s1. The largest absolute Gasteiger partial charge is 0.535 e. The van der Waals surface area contributed by atoms with Crippen LogP contribution in [-0.4, -0.2) is 55.8 Å². The normalized spacial score (nSPS) is 15.9. The summed E-state index contributed by atoms with van der Waals surface area (Å²) in [7, 11) is -1.25. The van der Waals surface area contributed by atoms with Gasteiger partial charge < -0.3 is 20.5 Å². The van der Waals surface area contributed by atoms with Crippen molar-refractivity contribution in [1.82, 2.24) is 20.2 Å². The van der Waals surface area contributed by atoms with Crippen molar-refractivity contribution < 1.29 is 24.4 Å². The van der Waals surface area contributed by atoms with E-state index < -0.39 is 18.9 Å². The van der Waals surface area contributed by atoms with Crippen LogP contribution >= 0.6 is 0 Å². The number of hydrogen-bond donors (Lipinski definition) is 3. The Bertz CT molecular complexity index is 842. The number of carboxylic acid groups (broad SMARTS) is 1. The van der Waals surface area contributed by atoms with Crippen LogP contribution in [0.1, 0.15) is 34.6 Å². The van der Waals surface area contributed by atoms with Gasteiger partial charge in [0, 0.05) is 18.8 Å². The molecular weight excluding hydrogens is 353 g/mol. The predicted octanol–water partition coefficient (Wildman–Crippen LogP) is -0.292. The van der Waals surface area contributed by atoms with Crippen molar-refractivity contribution >= 4 is 18.9 Å². The first kappa shape index (κ1) is 19.0. The average Bonchev–Trinajstić information content (AvgIpc) is 3.06. The maximum absolute atomic E-state index is 12.4. The number of para-hydroxylation sites is 1. The SMILES string of the molecule is NCCCn1nnnc1CC(=O)C[C@H]1Cc2cccc(C(=O)O)c2OB1O. The molecular formula is C16H20BN5O5. The van der Waals surface area contributed by atoms with E-state index in [2.05, 4.69) is 15.5 Å². The molecule has 4 N–H and O–H groups in total. The summed E-state index contributed by atoms with van der Waals surface area (Å²) >= 11 is 0. The Kier molecular flexibility index (Phi) is 5.82. The van der Waals surface area contributed by atoms with Crippen molar-refractivity contribution in [1.29, 1.82) is 0 Å². The van der Waals surface area contributed by atoms with E-state index >= 15 is 0 Å². The van der Waals surface area contributed by atoms with Crippen LogP contribution in [0.3, 0.4) is 0 Å². The van der Waals surface area contributed by atoms with Crippen LogP contribution in [0.2, 0.25) is 5.82 Å². The molecule has 0 spiro atoms. The summed E-state index contributed by atoms with van der Waals surface area (Å²) in [5, 5.41) is 30.8. The van der Waals surface area contributed by atoms with E-state index in [1.165, 1.54) is 6.07 Å². The number of carboxylic acids is 1. The Labute approximate surface area is 155 Å². The minimum absolute atomic E-state index is 0.00425. The molecule has 1 aliphatic heterocycles. The smallest absolute Gasteiger partial charge is 0.526 e. The van der Waals surface area contributed by atoms with Gasteiger partial charge >= 0.3 is 13.1 Å². The Morgan fingerprint density at radius 3 is 2.96 bits per heavy atom. The minimum atomic E-state index is -1.25. The fourth-order valence-electron chi connectivity index (χ4n) is 3.13. The molecule has 0 bridgehead atoms. The van der Waals surface area contributed by atoms with E-state index in [4.69, 9.17) is 10.4 Å². The predicted molar refractivity (Wildman–Crippen MR) is 94.3 cm³/mol. The number of hydrogen-bond acceptors (Lipinski definition) is 8. The number of ketones is 1. The molecule has 2 heterocycles. The van der Waals surface area contributed by atoms with Gasteiger partial charge in [-0.1, -0.05) is 12.1 Å². The zero-order valence-electron chi connectivity index (χ0n) is 14.6. The summed E-state index contributed by atoms with van der Waals surface area (Å²) in [5.41, 5.74) is 6.13. The number of Topliss-reactive ketones (excluding diaryl/α,β-unsaturated/α-hetero) is 1. The third kappa shape index (κ3) is 4.31. The molecule has 11 heteroatoms. The van der Waals surface area contributed by atoms with E-state index in [0.717, 1.165) is 0 Å². The van der Waals surface area contributed by atoms with Gasteiger partial charge in [-0.25, -0.2) is 9.48 Å². The highest BCUT2D eigenvalue weighted by molar-refractivity contribution is 6.47. The second kappa shape index (κ2) is 8.27. The highest BCUT2D eigenvalue weighted by Crippen LogP contribution is 2.36. The number of aromatic carboxylic acids is 1. The summed E-state index contributed by atoms with van der Waals surface area (Å²) in [6.07, 6.45) is 1.16. The molecule has 0 radical (unpaired) electrons. The molecule has 10 nitrogen and oxygen atoms in total. The molecule has 1 aromatic carbocycles. The van der Waals surface area contributed by atoms with Gasteiger partial charge in [0.1, 0.15) is 11.5 Å². The first-order valence-corrected chi connectivity index (χ1v) is 8.66. The van der Waals surface area contributed by atoms with Gasteiger partial charge in [-0.2, -0.15) is 0 Å². The Morgan fingerprint density at radius 1 is 1.41 bits per heavy atom. The molecule has 0 fully saturated rings. The number of rotatable bonds is 8. The Morgan fingerprint density at radius 2 is 2.22 bits per heavy atom. The van der Waals surface area contributed by atoms with Crippen molar-refractivity contribution in [3.63, 3.8) is 0 Å². The quantitative estimate of drug-likeness (QED) is 0.530. The van der Waals surface area contributed by atoms with Crippen LogP contribution < -0.4 is 10.4 Å². The van der Waals surface area contributed by atoms with Gasteiger partial charge in [0.05, 0.1) is 12.0 Å². The molecule has 2 aromatic rings. The van der Waals surface area contributed by atoms with Crippen LogP contribution in [0.4, 0.5) is 0 Å². The number of nitrogens with zero attached hydrogens (tertiary/aromatic N) is 4. The number of aromatic nitrogens is 4. The van der Waals surface area contributed by atoms with E-state index in [-0.39, 0.29) is 29.9 Å². The second-order valence-corrected chi connectivity index (χ2v) is 6.45. The van der Waals surface area contributed by atoms with Crippen molar-refractivity contribution in [3.05, 3.63) is 35.2 Å². The zero-order valence-corrected chi connectivity index (χ0v) is 14.6. The topological polar surface area (TPSA) is 153 Å². The number of carbonyl (C=O) groups is 2. The first-order chi connectivity index (χ1) is 13.0. The number of benzene rings is 1. The summed E-state index contributed by atoms with van der Waals surface area (Å²) < 4.78 is 6.96. The fraction of sp³-hybridized carbons (Fsp3) is 0.438. The maximum atomic E-state index is 12.4. The molecule has 1 atom stereocenters. The lowest BCUT2D eigenvalue weighted by molar-refractivity contribution is -0.118. The van der Waals surface area contributed by atoms with Gasteiger partial charge in [0.2, 0.25) is 0 Å². The molecule has 0 unspecified atom stereocenters. The molecule has 1 aromatic heterocycles. The van der Waals surface area contributed by atoms with E-state index in [1.807, 2.05) is 0 Å². The third-order valence-electron chi connectivity index (χ3n) is 4.48. The van der Waals surface area contributed by atoms with Crippen molar-refractivity contribution in [3.8, 4) is 5.75 Å². The number of nitrogens with two attached hydrogens (primary N) is 1. The van der Waals surface area contributed by atoms with Crippen LogP contribution in [0.5, 0.6) is 5.75 Å². The average molecular weight is 373 g/mol. The van der Waals surface area contributed by atoms with Gasteiger partial charge in [0.15, 0.2) is 5.82 Å². The first-order valence-electron chi connectivity index (χ1n) is 8.66. The minimum Gasteiger partial charge on any atom is -0.535 e. The molecule has 3 rings (SSSR count). The second-order valence-electron chi connectivity index (χ2n) is 6.45. The van der Waals surface area contributed by atoms with Gasteiger partial charge in [0.25, 0.3) is 0 Å². The summed E-state index contributed by atoms with van der Waals surface area (Å²) in [4.78, 5) is 23.7. The summed E-state index contributed by atoms with van der Waals surface area (Å²) in [5.74, 6) is -1.12. The van der Waals surface area contributed by atoms with Crippen LogP contribution in [0, 0.1) is 0 Å². The van der Waals surface area contributed by atoms with Gasteiger partial charge in [-0.05, 0) is 41.4 Å². The number of carbonyl (C=O) groups excluding carboxylic acids is 1. The number of tetrazole rings is 1. The molecule has 142 valence electrons. The van der Waals surface area contributed by atoms with Crippen molar-refractivity contribution in [2.75, 3.05) is 6.54 Å². The fourth-order valence-corrected chi connectivity index (χ4v) is 3.13. The molecule has 0 saturated heterocycles. The highest BCUT2D eigenvalue weighted by atomic mass is 16.5. The van der Waals surface area contributed by atoms with Crippen LogP contribution in [-0.2, 0) is 24.2 Å². The molecule has 0 aliphatic carbocycles. The number of fused-ring (bicyclic) bond motifs is 1. The Balaban J connectivity index is 1.66. The van der Waals surface area contributed by atoms with Crippen molar-refractivity contribution in [2.24, 2.45) is 5.73 Å². The Hall–Kier alpha value is -2.79. The third-order valence-corrected chi connectivity index (χ3v) is 4.48. The zero-order chi connectivity index (χ0) is 19.4. The lowest BCUT2D eigenvalue weighted by Gasteiger charge is -2.27. The molecule has 1 aliphatic rings. The monoisotopic (exact) mass is 373 g/mol.